The van der Waals surface area contributed by atoms with E-state index in [2.05, 4.69) is 10.3 Å². The maximum atomic E-state index is 13.2. The van der Waals surface area contributed by atoms with Crippen molar-refractivity contribution >= 4 is 22.5 Å². The number of hydrogen-bond donors (Lipinski definition) is 2. The zero-order chi connectivity index (χ0) is 16.8. The Kier molecular flexibility index (Phi) is 3.31. The molecule has 0 unspecified atom stereocenters. The van der Waals surface area contributed by atoms with Gasteiger partial charge < -0.3 is 15.2 Å². The van der Waals surface area contributed by atoms with Gasteiger partial charge in [-0.2, -0.15) is 17.6 Å². The van der Waals surface area contributed by atoms with Gasteiger partial charge in [-0.15, -0.1) is 0 Å². The zero-order valence-corrected chi connectivity index (χ0v) is 11.6. The van der Waals surface area contributed by atoms with Crippen LogP contribution in [0.3, 0.4) is 0 Å². The number of halogens is 4. The number of hydrogen-bond acceptors (Lipinski definition) is 2. The largest absolute Gasteiger partial charge is 0.329 e. The van der Waals surface area contributed by atoms with E-state index < -0.39 is 36.5 Å². The summed E-state index contributed by atoms with van der Waals surface area (Å²) in [5, 5.41) is 2.95. The van der Waals surface area contributed by atoms with Crippen molar-refractivity contribution in [1.82, 2.24) is 9.88 Å². The highest BCUT2D eigenvalue weighted by atomic mass is 19.3. The number of likely N-dealkylation sites (tertiary alicyclic amines) is 1. The Hall–Kier alpha value is -2.58. The maximum Gasteiger partial charge on any atom is 0.329 e. The summed E-state index contributed by atoms with van der Waals surface area (Å²) in [5.41, 5.74) is -0.213. The van der Waals surface area contributed by atoms with Crippen LogP contribution < -0.4 is 10.9 Å². The van der Waals surface area contributed by atoms with Gasteiger partial charge in [0.2, 0.25) is 0 Å². The van der Waals surface area contributed by atoms with Crippen molar-refractivity contribution in [2.45, 2.75) is 11.8 Å². The third kappa shape index (κ3) is 2.51. The van der Waals surface area contributed by atoms with E-state index in [-0.39, 0.29) is 11.1 Å². The topological polar surface area (TPSA) is 65.2 Å². The van der Waals surface area contributed by atoms with E-state index in [9.17, 15) is 27.2 Å². The van der Waals surface area contributed by atoms with Crippen LogP contribution in [0.25, 0.3) is 10.8 Å². The van der Waals surface area contributed by atoms with Crippen LogP contribution in [0.15, 0.2) is 35.3 Å². The average molecular weight is 329 g/mol. The predicted molar refractivity (Wildman–Crippen MR) is 75.1 cm³/mol. The summed E-state index contributed by atoms with van der Waals surface area (Å²) in [6.45, 7) is -2.73. The lowest BCUT2D eigenvalue weighted by molar-refractivity contribution is -0.172. The number of amides is 2. The second-order valence-electron chi connectivity index (χ2n) is 5.27. The Morgan fingerprint density at radius 2 is 1.74 bits per heavy atom. The van der Waals surface area contributed by atoms with E-state index in [0.29, 0.717) is 10.3 Å². The normalized spacial score (nSPS) is 19.0. The molecule has 1 aliphatic rings. The molecule has 1 saturated heterocycles. The predicted octanol–water partition coefficient (Wildman–Crippen LogP) is 2.65. The summed E-state index contributed by atoms with van der Waals surface area (Å²) in [5.74, 6) is -8.53. The number of fused-ring (bicyclic) bond motifs is 1. The summed E-state index contributed by atoms with van der Waals surface area (Å²) in [7, 11) is 0. The van der Waals surface area contributed by atoms with E-state index in [0.717, 1.165) is 0 Å². The molecule has 23 heavy (non-hydrogen) atoms. The van der Waals surface area contributed by atoms with E-state index in [1.54, 1.807) is 0 Å². The third-order valence-corrected chi connectivity index (χ3v) is 3.66. The van der Waals surface area contributed by atoms with Crippen LogP contribution in [-0.4, -0.2) is 40.8 Å². The molecule has 122 valence electrons. The van der Waals surface area contributed by atoms with Gasteiger partial charge in [0.15, 0.2) is 0 Å². The van der Waals surface area contributed by atoms with Crippen LogP contribution in [0.2, 0.25) is 0 Å². The molecule has 1 aliphatic heterocycles. The molecule has 1 fully saturated rings. The zero-order valence-electron chi connectivity index (χ0n) is 11.6. The fourth-order valence-corrected chi connectivity index (χ4v) is 2.43. The number of pyridine rings is 1. The summed E-state index contributed by atoms with van der Waals surface area (Å²) in [4.78, 5) is 26.5. The highest BCUT2D eigenvalue weighted by molar-refractivity contribution is 6.01. The van der Waals surface area contributed by atoms with Crippen molar-refractivity contribution in [1.29, 1.82) is 0 Å². The van der Waals surface area contributed by atoms with Gasteiger partial charge in [-0.25, -0.2) is 4.79 Å². The molecule has 0 aliphatic carbocycles. The highest BCUT2D eigenvalue weighted by Crippen LogP contribution is 2.41. The molecular formula is C14H11F4N3O2. The number of nitrogens with zero attached hydrogens (tertiary/aromatic N) is 1. The molecule has 0 atom stereocenters. The molecule has 3 rings (SSSR count). The van der Waals surface area contributed by atoms with E-state index in [1.807, 2.05) is 0 Å². The minimum absolute atomic E-state index is 0.178. The molecule has 2 heterocycles. The number of carbonyl (C=O) groups excluding carboxylic acids is 1. The van der Waals surface area contributed by atoms with Crippen LogP contribution in [0, 0.1) is 0 Å². The molecule has 0 radical (unpaired) electrons. The Morgan fingerprint density at radius 3 is 2.39 bits per heavy atom. The van der Waals surface area contributed by atoms with Crippen LogP contribution >= 0.6 is 0 Å². The van der Waals surface area contributed by atoms with E-state index in [4.69, 9.17) is 0 Å². The fraction of sp³-hybridized carbons (Fsp3) is 0.286. The molecule has 1 aromatic carbocycles. The summed E-state index contributed by atoms with van der Waals surface area (Å²) in [6, 6.07) is 4.89. The van der Waals surface area contributed by atoms with Gasteiger partial charge in [0.05, 0.1) is 18.8 Å². The van der Waals surface area contributed by atoms with E-state index in [1.165, 1.54) is 30.5 Å². The lowest BCUT2D eigenvalue weighted by Gasteiger charge is -2.16. The van der Waals surface area contributed by atoms with Gasteiger partial charge in [-0.3, -0.25) is 4.79 Å². The highest BCUT2D eigenvalue weighted by Gasteiger charge is 2.63. The van der Waals surface area contributed by atoms with Crippen molar-refractivity contribution in [2.24, 2.45) is 0 Å². The van der Waals surface area contributed by atoms with Crippen molar-refractivity contribution in [3.63, 3.8) is 0 Å². The lowest BCUT2D eigenvalue weighted by atomic mass is 10.1. The van der Waals surface area contributed by atoms with Crippen molar-refractivity contribution < 1.29 is 22.4 Å². The molecule has 2 amide bonds. The number of H-pyrrole nitrogens is 1. The van der Waals surface area contributed by atoms with Gasteiger partial charge in [0.1, 0.15) is 0 Å². The third-order valence-electron chi connectivity index (χ3n) is 3.66. The summed E-state index contributed by atoms with van der Waals surface area (Å²) in [6.07, 6.45) is 1.36. The van der Waals surface area contributed by atoms with Crippen LogP contribution in [-0.2, 0) is 0 Å². The van der Waals surface area contributed by atoms with Crippen molar-refractivity contribution in [3.8, 4) is 0 Å². The number of alkyl halides is 4. The van der Waals surface area contributed by atoms with Crippen molar-refractivity contribution in [2.75, 3.05) is 18.4 Å². The lowest BCUT2D eigenvalue weighted by Crippen LogP contribution is -2.38. The Balaban J connectivity index is 1.88. The summed E-state index contributed by atoms with van der Waals surface area (Å²) >= 11 is 0. The van der Waals surface area contributed by atoms with Gasteiger partial charge in [-0.1, -0.05) is 6.07 Å². The quantitative estimate of drug-likeness (QED) is 0.790. The number of carbonyl (C=O) groups is 1. The minimum Gasteiger partial charge on any atom is -0.329 e. The standard InChI is InChI=1S/C14H11F4N3O2/c15-13(16)6-21(7-14(13,17)18)12(23)20-10-3-1-2-9-8(10)4-5-19-11(9)22/h1-5H,6-7H2,(H,19,22)(H,20,23). The first-order valence-corrected chi connectivity index (χ1v) is 6.63. The second kappa shape index (κ2) is 4.97. The summed E-state index contributed by atoms with van der Waals surface area (Å²) < 4.78 is 52.6. The number of urea groups is 1. The van der Waals surface area contributed by atoms with Crippen molar-refractivity contribution in [3.05, 3.63) is 40.8 Å². The van der Waals surface area contributed by atoms with Crippen LogP contribution in [0.1, 0.15) is 0 Å². The molecule has 5 nitrogen and oxygen atoms in total. The van der Waals surface area contributed by atoms with Gasteiger partial charge in [0, 0.05) is 17.0 Å². The average Bonchev–Trinajstić information content (AvgIpc) is 2.69. The second-order valence-corrected chi connectivity index (χ2v) is 5.27. The smallest absolute Gasteiger partial charge is 0.329 e. The SMILES string of the molecule is O=C(Nc1cccc2c(=O)[nH]ccc12)N1CC(F)(F)C(F)(F)C1. The molecule has 0 saturated carbocycles. The van der Waals surface area contributed by atoms with Crippen LogP contribution in [0.4, 0.5) is 28.0 Å². The Morgan fingerprint density at radius 1 is 1.09 bits per heavy atom. The van der Waals surface area contributed by atoms with Crippen LogP contribution in [0.5, 0.6) is 0 Å². The number of aromatic amines is 1. The molecule has 0 spiro atoms. The first-order valence-electron chi connectivity index (χ1n) is 6.63. The Bertz CT molecular complexity index is 818. The molecule has 0 bridgehead atoms. The number of anilines is 1. The first kappa shape index (κ1) is 15.3. The maximum absolute atomic E-state index is 13.2. The molecule has 9 heteroatoms. The molecule has 1 aromatic heterocycles. The van der Waals surface area contributed by atoms with Gasteiger partial charge in [-0.05, 0) is 18.2 Å². The molecule has 2 N–H and O–H groups in total. The number of rotatable bonds is 1. The fourth-order valence-electron chi connectivity index (χ4n) is 2.43. The van der Waals surface area contributed by atoms with Gasteiger partial charge >= 0.3 is 17.9 Å². The van der Waals surface area contributed by atoms with E-state index >= 15 is 0 Å². The Labute approximate surface area is 126 Å². The van der Waals surface area contributed by atoms with Gasteiger partial charge in [0.25, 0.3) is 5.56 Å². The molecular weight excluding hydrogens is 318 g/mol. The number of benzene rings is 1. The number of nitrogens with one attached hydrogen (secondary N) is 2. The number of aromatic nitrogens is 1. The monoisotopic (exact) mass is 329 g/mol. The molecule has 2 aromatic rings. The first-order chi connectivity index (χ1) is 10.7. The minimum atomic E-state index is -4.26.